The zero-order valence-electron chi connectivity index (χ0n) is 18.2. The molecule has 0 aromatic heterocycles. The summed E-state index contributed by atoms with van der Waals surface area (Å²) in [6.45, 7) is 6.70. The summed E-state index contributed by atoms with van der Waals surface area (Å²) in [6.07, 6.45) is 1.73. The number of nitrogens with zero attached hydrogens (tertiary/aromatic N) is 2. The van der Waals surface area contributed by atoms with E-state index in [0.717, 1.165) is 40.8 Å². The molecule has 2 aromatic carbocycles. The van der Waals surface area contributed by atoms with Crippen LogP contribution < -0.4 is 10.2 Å². The van der Waals surface area contributed by atoms with Crippen LogP contribution >= 0.6 is 15.9 Å². The first-order chi connectivity index (χ1) is 15.3. The van der Waals surface area contributed by atoms with Crippen molar-refractivity contribution < 1.29 is 14.4 Å². The highest BCUT2D eigenvalue weighted by Gasteiger charge is 2.74. The molecule has 4 aliphatic rings. The number of halogens is 1. The van der Waals surface area contributed by atoms with Gasteiger partial charge in [0.1, 0.15) is 5.54 Å². The first-order valence-electron chi connectivity index (χ1n) is 11.1. The molecule has 0 unspecified atom stereocenters. The lowest BCUT2D eigenvalue weighted by molar-refractivity contribution is -0.135. The van der Waals surface area contributed by atoms with Crippen LogP contribution in [0, 0.1) is 32.6 Å². The molecule has 0 bridgehead atoms. The molecule has 164 valence electrons. The number of hydrogen-bond acceptors (Lipinski definition) is 4. The minimum absolute atomic E-state index is 0.107. The van der Waals surface area contributed by atoms with Crippen LogP contribution in [-0.2, 0) is 19.9 Å². The van der Waals surface area contributed by atoms with Crippen molar-refractivity contribution in [2.75, 3.05) is 16.8 Å². The van der Waals surface area contributed by atoms with Gasteiger partial charge < -0.3 is 5.32 Å². The predicted octanol–water partition coefficient (Wildman–Crippen LogP) is 3.81. The molecule has 4 heterocycles. The summed E-state index contributed by atoms with van der Waals surface area (Å²) in [7, 11) is 0. The number of hydrogen-bond donors (Lipinski definition) is 1. The first kappa shape index (κ1) is 20.1. The number of nitrogens with one attached hydrogen (secondary N) is 1. The van der Waals surface area contributed by atoms with E-state index in [-0.39, 0.29) is 23.8 Å². The lowest BCUT2D eigenvalue weighted by Gasteiger charge is -2.36. The highest BCUT2D eigenvalue weighted by atomic mass is 79.9. The largest absolute Gasteiger partial charge is 0.324 e. The average Bonchev–Trinajstić information content (AvgIpc) is 3.45. The number of carbonyl (C=O) groups is 3. The Bertz CT molecular complexity index is 1240. The number of benzene rings is 2. The van der Waals surface area contributed by atoms with Crippen molar-refractivity contribution >= 4 is 45.0 Å². The molecule has 2 aromatic rings. The summed E-state index contributed by atoms with van der Waals surface area (Å²) in [5.41, 5.74) is 4.21. The third-order valence-electron chi connectivity index (χ3n) is 8.04. The van der Waals surface area contributed by atoms with Gasteiger partial charge in [0, 0.05) is 21.8 Å². The second-order valence-corrected chi connectivity index (χ2v) is 10.4. The molecule has 7 heteroatoms. The summed E-state index contributed by atoms with van der Waals surface area (Å²) < 4.78 is 0.708. The van der Waals surface area contributed by atoms with Gasteiger partial charge in [-0.1, -0.05) is 18.2 Å². The van der Waals surface area contributed by atoms with Crippen LogP contribution in [0.4, 0.5) is 11.4 Å². The van der Waals surface area contributed by atoms with Gasteiger partial charge in [-0.2, -0.15) is 0 Å². The van der Waals surface area contributed by atoms with Crippen molar-refractivity contribution in [3.05, 3.63) is 57.1 Å². The summed E-state index contributed by atoms with van der Waals surface area (Å²) in [5.74, 6) is -1.89. The molecule has 6 nitrogen and oxygen atoms in total. The number of rotatable bonds is 1. The van der Waals surface area contributed by atoms with Crippen LogP contribution in [-0.4, -0.2) is 35.2 Å². The average molecular weight is 494 g/mol. The van der Waals surface area contributed by atoms with Gasteiger partial charge in [0.15, 0.2) is 0 Å². The number of anilines is 2. The minimum atomic E-state index is -1.13. The van der Waals surface area contributed by atoms with Crippen LogP contribution in [0.25, 0.3) is 0 Å². The number of carbonyl (C=O) groups excluding carboxylic acids is 3. The van der Waals surface area contributed by atoms with Crippen LogP contribution in [0.2, 0.25) is 0 Å². The van der Waals surface area contributed by atoms with E-state index in [1.807, 2.05) is 51.1 Å². The van der Waals surface area contributed by atoms with Gasteiger partial charge >= 0.3 is 0 Å². The Morgan fingerprint density at radius 2 is 1.84 bits per heavy atom. The van der Waals surface area contributed by atoms with E-state index >= 15 is 0 Å². The Balaban J connectivity index is 1.57. The van der Waals surface area contributed by atoms with Crippen LogP contribution in [0.5, 0.6) is 0 Å². The number of imide groups is 1. The lowest BCUT2D eigenvalue weighted by Crippen LogP contribution is -2.54. The van der Waals surface area contributed by atoms with Crippen molar-refractivity contribution in [1.29, 1.82) is 0 Å². The summed E-state index contributed by atoms with van der Waals surface area (Å²) >= 11 is 3.54. The van der Waals surface area contributed by atoms with Gasteiger partial charge in [-0.05, 0) is 84.9 Å². The molecule has 1 spiro atoms. The van der Waals surface area contributed by atoms with Gasteiger partial charge in [-0.15, -0.1) is 0 Å². The maximum Gasteiger partial charge on any atom is 0.250 e. The van der Waals surface area contributed by atoms with E-state index in [1.165, 1.54) is 4.90 Å². The third kappa shape index (κ3) is 2.21. The molecule has 4 aliphatic heterocycles. The smallest absolute Gasteiger partial charge is 0.250 e. The van der Waals surface area contributed by atoms with Crippen LogP contribution in [0.15, 0.2) is 34.8 Å². The molecule has 0 aliphatic carbocycles. The number of fused-ring (bicyclic) bond motifs is 7. The fraction of sp³-hybridized carbons (Fsp3) is 0.400. The molecular formula is C25H24BrN3O3. The van der Waals surface area contributed by atoms with Crippen molar-refractivity contribution in [3.8, 4) is 0 Å². The van der Waals surface area contributed by atoms with E-state index in [0.29, 0.717) is 16.7 Å². The molecular weight excluding hydrogens is 470 g/mol. The lowest BCUT2D eigenvalue weighted by atomic mass is 9.75. The molecule has 3 saturated heterocycles. The monoisotopic (exact) mass is 493 g/mol. The van der Waals surface area contributed by atoms with Gasteiger partial charge in [-0.3, -0.25) is 19.3 Å². The standard InChI is InChI=1S/C25H24BrN3O3/c1-12-6-9-17(16(26)11-12)29-22(30)19-18-5-4-10-28(18)25(20(19)23(29)31)15-8-7-13(2)14(3)21(15)27-24(25)32/h6-9,11,18-20H,4-5,10H2,1-3H3,(H,27,32)/t18-,19+,20+,25-/m1/s1. The molecule has 4 atom stereocenters. The predicted molar refractivity (Wildman–Crippen MR) is 124 cm³/mol. The minimum Gasteiger partial charge on any atom is -0.324 e. The SMILES string of the molecule is Cc1ccc(N2C(=O)[C@H]3[C@H]4CCCN4[C@@]4(C(=O)Nc5c4ccc(C)c5C)[C@@H]3C2=O)c(Br)c1. The van der Waals surface area contributed by atoms with Crippen molar-refractivity contribution in [2.45, 2.75) is 45.2 Å². The molecule has 0 radical (unpaired) electrons. The Hall–Kier alpha value is -2.51. The molecule has 3 amide bonds. The quantitative estimate of drug-likeness (QED) is 0.613. The zero-order chi connectivity index (χ0) is 22.5. The first-order valence-corrected chi connectivity index (χ1v) is 11.9. The number of amides is 3. The van der Waals surface area contributed by atoms with Crippen molar-refractivity contribution in [2.24, 2.45) is 11.8 Å². The normalized spacial score (nSPS) is 30.8. The van der Waals surface area contributed by atoms with E-state index in [2.05, 4.69) is 26.1 Å². The van der Waals surface area contributed by atoms with Gasteiger partial charge in [0.2, 0.25) is 17.7 Å². The van der Waals surface area contributed by atoms with E-state index in [1.54, 1.807) is 0 Å². The highest BCUT2D eigenvalue weighted by Crippen LogP contribution is 2.61. The topological polar surface area (TPSA) is 69.7 Å². The Labute approximate surface area is 195 Å². The highest BCUT2D eigenvalue weighted by molar-refractivity contribution is 9.10. The maximum atomic E-state index is 14.0. The number of aryl methyl sites for hydroxylation is 2. The van der Waals surface area contributed by atoms with E-state index in [9.17, 15) is 14.4 Å². The second kappa shape index (κ2) is 6.51. The summed E-state index contributed by atoms with van der Waals surface area (Å²) in [5, 5.41) is 3.10. The third-order valence-corrected chi connectivity index (χ3v) is 8.68. The van der Waals surface area contributed by atoms with Crippen LogP contribution in [0.3, 0.4) is 0 Å². The molecule has 3 fully saturated rings. The maximum absolute atomic E-state index is 14.0. The zero-order valence-corrected chi connectivity index (χ0v) is 19.8. The molecule has 6 rings (SSSR count). The fourth-order valence-electron chi connectivity index (χ4n) is 6.55. The van der Waals surface area contributed by atoms with Gasteiger partial charge in [0.25, 0.3) is 0 Å². The Kier molecular flexibility index (Phi) is 4.10. The second-order valence-electron chi connectivity index (χ2n) is 9.52. The van der Waals surface area contributed by atoms with E-state index in [4.69, 9.17) is 0 Å². The van der Waals surface area contributed by atoms with Crippen molar-refractivity contribution in [3.63, 3.8) is 0 Å². The van der Waals surface area contributed by atoms with Gasteiger partial charge in [-0.25, -0.2) is 4.90 Å². The summed E-state index contributed by atoms with van der Waals surface area (Å²) in [4.78, 5) is 45.0. The summed E-state index contributed by atoms with van der Waals surface area (Å²) in [6, 6.07) is 9.51. The Morgan fingerprint density at radius 1 is 1.06 bits per heavy atom. The Morgan fingerprint density at radius 3 is 2.59 bits per heavy atom. The van der Waals surface area contributed by atoms with Crippen molar-refractivity contribution in [1.82, 2.24) is 4.90 Å². The van der Waals surface area contributed by atoms with Crippen LogP contribution in [0.1, 0.15) is 35.1 Å². The van der Waals surface area contributed by atoms with Gasteiger partial charge in [0.05, 0.1) is 17.5 Å². The molecule has 1 N–H and O–H groups in total. The molecule has 32 heavy (non-hydrogen) atoms. The van der Waals surface area contributed by atoms with E-state index < -0.39 is 17.4 Å². The molecule has 0 saturated carbocycles. The fourth-order valence-corrected chi connectivity index (χ4v) is 7.22.